The van der Waals surface area contributed by atoms with Crippen LogP contribution in [0.4, 0.5) is 0 Å². The van der Waals surface area contributed by atoms with E-state index in [4.69, 9.17) is 10.8 Å². The van der Waals surface area contributed by atoms with Gasteiger partial charge in [0, 0.05) is 6.61 Å². The van der Waals surface area contributed by atoms with Crippen LogP contribution in [0.2, 0.25) is 0 Å². The molecule has 3 aromatic rings. The van der Waals surface area contributed by atoms with Crippen LogP contribution in [0.3, 0.4) is 0 Å². The van der Waals surface area contributed by atoms with Crippen LogP contribution in [0.25, 0.3) is 21.5 Å². The summed E-state index contributed by atoms with van der Waals surface area (Å²) in [4.78, 5) is 0. The summed E-state index contributed by atoms with van der Waals surface area (Å²) in [6.45, 7) is 7.54. The SMILES string of the molecule is Br.NCCCNCCCCNCCCNCCCCO.c1ccc2c(c1)ccc1c3c(ccc12)CCCC3. The topological polar surface area (TPSA) is 82.3 Å². The van der Waals surface area contributed by atoms with E-state index in [2.05, 4.69) is 64.5 Å². The van der Waals surface area contributed by atoms with Crippen molar-refractivity contribution in [1.29, 1.82) is 0 Å². The summed E-state index contributed by atoms with van der Waals surface area (Å²) in [7, 11) is 0. The molecule has 0 amide bonds. The number of fused-ring (bicyclic) bond motifs is 5. The zero-order valence-corrected chi connectivity index (χ0v) is 25.0. The molecule has 0 aromatic heterocycles. The van der Waals surface area contributed by atoms with Crippen molar-refractivity contribution in [3.05, 3.63) is 59.7 Å². The van der Waals surface area contributed by atoms with Crippen molar-refractivity contribution in [3.63, 3.8) is 0 Å². The van der Waals surface area contributed by atoms with Crippen LogP contribution in [0.1, 0.15) is 62.5 Å². The van der Waals surface area contributed by atoms with Gasteiger partial charge in [-0.25, -0.2) is 0 Å². The number of aliphatic hydroxyl groups is 1. The van der Waals surface area contributed by atoms with E-state index < -0.39 is 0 Å². The Balaban J connectivity index is 0.000000260. The van der Waals surface area contributed by atoms with Gasteiger partial charge in [0.2, 0.25) is 0 Å². The predicted octanol–water partition coefficient (Wildman–Crippen LogP) is 5.50. The summed E-state index contributed by atoms with van der Waals surface area (Å²) >= 11 is 0. The number of unbranched alkanes of at least 4 members (excludes halogenated alkanes) is 2. The molecule has 6 N–H and O–H groups in total. The van der Waals surface area contributed by atoms with Crippen molar-refractivity contribution in [2.24, 2.45) is 5.73 Å². The molecule has 4 rings (SSSR count). The van der Waals surface area contributed by atoms with E-state index in [1.54, 1.807) is 11.1 Å². The van der Waals surface area contributed by atoms with E-state index in [0.29, 0.717) is 6.61 Å². The molecule has 3 aromatic carbocycles. The van der Waals surface area contributed by atoms with Gasteiger partial charge in [-0.1, -0.05) is 48.5 Å². The summed E-state index contributed by atoms with van der Waals surface area (Å²) in [5.74, 6) is 0. The molecular formula is C32H51BrN4O. The Morgan fingerprint density at radius 1 is 0.605 bits per heavy atom. The summed E-state index contributed by atoms with van der Waals surface area (Å²) in [5.41, 5.74) is 8.59. The molecule has 0 unspecified atom stereocenters. The maximum atomic E-state index is 8.62. The van der Waals surface area contributed by atoms with Crippen molar-refractivity contribution >= 4 is 38.5 Å². The quantitative estimate of drug-likeness (QED) is 0.113. The number of halogens is 1. The molecule has 0 aliphatic heterocycles. The highest BCUT2D eigenvalue weighted by molar-refractivity contribution is 8.93. The summed E-state index contributed by atoms with van der Waals surface area (Å²) in [5, 5.41) is 24.5. The van der Waals surface area contributed by atoms with Gasteiger partial charge in [-0.15, -0.1) is 17.0 Å². The Labute approximate surface area is 241 Å². The monoisotopic (exact) mass is 586 g/mol. The van der Waals surface area contributed by atoms with Crippen molar-refractivity contribution in [1.82, 2.24) is 16.0 Å². The van der Waals surface area contributed by atoms with Gasteiger partial charge >= 0.3 is 0 Å². The Morgan fingerprint density at radius 3 is 1.92 bits per heavy atom. The van der Waals surface area contributed by atoms with E-state index in [1.807, 2.05) is 0 Å². The first-order valence-corrected chi connectivity index (χ1v) is 14.7. The minimum absolute atomic E-state index is 0. The predicted molar refractivity (Wildman–Crippen MR) is 171 cm³/mol. The summed E-state index contributed by atoms with van der Waals surface area (Å²) < 4.78 is 0. The summed E-state index contributed by atoms with van der Waals surface area (Å²) in [6, 6.07) is 18.0. The average molecular weight is 588 g/mol. The van der Waals surface area contributed by atoms with Crippen molar-refractivity contribution in [2.45, 2.75) is 64.2 Å². The number of nitrogens with one attached hydrogen (secondary N) is 3. The lowest BCUT2D eigenvalue weighted by Gasteiger charge is -2.18. The molecule has 1 aliphatic rings. The molecule has 0 radical (unpaired) electrons. The van der Waals surface area contributed by atoms with Gasteiger partial charge in [0.25, 0.3) is 0 Å². The van der Waals surface area contributed by atoms with Gasteiger partial charge in [0.15, 0.2) is 0 Å². The molecule has 0 heterocycles. The molecule has 0 saturated heterocycles. The first-order valence-electron chi connectivity index (χ1n) is 14.7. The molecule has 212 valence electrons. The Bertz CT molecular complexity index is 1010. The van der Waals surface area contributed by atoms with Gasteiger partial charge < -0.3 is 26.8 Å². The maximum absolute atomic E-state index is 8.62. The van der Waals surface area contributed by atoms with Crippen LogP contribution in [0.5, 0.6) is 0 Å². The molecule has 0 spiro atoms. The van der Waals surface area contributed by atoms with E-state index >= 15 is 0 Å². The van der Waals surface area contributed by atoms with Crippen LogP contribution >= 0.6 is 17.0 Å². The third-order valence-electron chi connectivity index (χ3n) is 7.24. The fourth-order valence-corrected chi connectivity index (χ4v) is 5.14. The van der Waals surface area contributed by atoms with Crippen molar-refractivity contribution in [3.8, 4) is 0 Å². The number of nitrogens with two attached hydrogens (primary N) is 1. The number of hydrogen-bond donors (Lipinski definition) is 5. The minimum Gasteiger partial charge on any atom is -0.396 e. The zero-order chi connectivity index (χ0) is 26.0. The third kappa shape index (κ3) is 11.3. The van der Waals surface area contributed by atoms with Crippen LogP contribution in [-0.4, -0.2) is 57.5 Å². The lowest BCUT2D eigenvalue weighted by atomic mass is 9.86. The fourth-order valence-electron chi connectivity index (χ4n) is 5.14. The first kappa shape index (κ1) is 32.7. The van der Waals surface area contributed by atoms with Crippen LogP contribution in [0.15, 0.2) is 48.5 Å². The van der Waals surface area contributed by atoms with E-state index in [9.17, 15) is 0 Å². The standard InChI is InChI=1S/C18H16.C14H34N4O.BrH/c1-3-7-15-13(5-1)9-11-18-16-8-4-2-6-14(16)10-12-17(15)18;15-7-5-11-16-8-1-2-9-17-12-6-13-18-10-3-4-14-19;/h1,3,5,7,9-12H,2,4,6,8H2;16-19H,1-15H2;1H. The Morgan fingerprint density at radius 2 is 1.21 bits per heavy atom. The lowest BCUT2D eigenvalue weighted by molar-refractivity contribution is 0.283. The van der Waals surface area contributed by atoms with Gasteiger partial charge in [-0.05, 0) is 143 Å². The highest BCUT2D eigenvalue weighted by Gasteiger charge is 2.13. The van der Waals surface area contributed by atoms with E-state index in [0.717, 1.165) is 65.1 Å². The normalized spacial score (nSPS) is 12.6. The summed E-state index contributed by atoms with van der Waals surface area (Å²) in [6.07, 6.45) is 11.9. The number of aryl methyl sites for hydroxylation is 2. The number of hydrogen-bond acceptors (Lipinski definition) is 5. The Kier molecular flexibility index (Phi) is 17.5. The number of rotatable bonds is 16. The molecule has 1 aliphatic carbocycles. The first-order chi connectivity index (χ1) is 18.3. The molecule has 6 heteroatoms. The lowest BCUT2D eigenvalue weighted by Crippen LogP contribution is -2.24. The number of benzene rings is 3. The molecule has 0 bridgehead atoms. The van der Waals surface area contributed by atoms with Crippen LogP contribution in [-0.2, 0) is 12.8 Å². The van der Waals surface area contributed by atoms with E-state index in [-0.39, 0.29) is 17.0 Å². The molecule has 0 fully saturated rings. The molecular weight excluding hydrogens is 536 g/mol. The molecule has 0 saturated carbocycles. The second-order valence-corrected chi connectivity index (χ2v) is 10.2. The fraction of sp³-hybridized carbons (Fsp3) is 0.562. The average Bonchev–Trinajstić information content (AvgIpc) is 2.95. The van der Waals surface area contributed by atoms with Gasteiger partial charge in [0.05, 0.1) is 0 Å². The van der Waals surface area contributed by atoms with Gasteiger partial charge in [0.1, 0.15) is 0 Å². The van der Waals surface area contributed by atoms with Gasteiger partial charge in [-0.3, -0.25) is 0 Å². The van der Waals surface area contributed by atoms with E-state index in [1.165, 1.54) is 66.5 Å². The molecule has 38 heavy (non-hydrogen) atoms. The largest absolute Gasteiger partial charge is 0.396 e. The van der Waals surface area contributed by atoms with Crippen molar-refractivity contribution < 1.29 is 5.11 Å². The highest BCUT2D eigenvalue weighted by atomic mass is 79.9. The number of aliphatic hydroxyl groups excluding tert-OH is 1. The molecule has 0 atom stereocenters. The highest BCUT2D eigenvalue weighted by Crippen LogP contribution is 2.33. The van der Waals surface area contributed by atoms with Gasteiger partial charge in [-0.2, -0.15) is 0 Å². The second kappa shape index (κ2) is 20.4. The smallest absolute Gasteiger partial charge is 0.0431 e. The third-order valence-corrected chi connectivity index (χ3v) is 7.24. The van der Waals surface area contributed by atoms with Crippen LogP contribution in [0, 0.1) is 0 Å². The zero-order valence-electron chi connectivity index (χ0n) is 23.3. The van der Waals surface area contributed by atoms with Crippen molar-refractivity contribution in [2.75, 3.05) is 52.4 Å². The second-order valence-electron chi connectivity index (χ2n) is 10.2. The maximum Gasteiger partial charge on any atom is 0.0431 e. The Hall–Kier alpha value is -1.54. The van der Waals surface area contributed by atoms with Crippen LogP contribution < -0.4 is 21.7 Å². The molecule has 5 nitrogen and oxygen atoms in total. The minimum atomic E-state index is 0.